The van der Waals surface area contributed by atoms with Crippen molar-refractivity contribution in [2.24, 2.45) is 0 Å². The first kappa shape index (κ1) is 14.7. The molecule has 0 saturated heterocycles. The van der Waals surface area contributed by atoms with Crippen LogP contribution in [-0.2, 0) is 17.9 Å². The highest BCUT2D eigenvalue weighted by Gasteiger charge is 2.11. The molecule has 3 rings (SSSR count). The standard InChI is InChI=1S/C16H14N4O3/c21-14(18-9-11-5-3-4-8-17-11)10-20-13-7-2-1-6-12(13)19-15(22)16(20)23/h1-8H,9-10H2,(H,18,21)(H,19,22). The third-order valence-corrected chi connectivity index (χ3v) is 3.38. The molecule has 2 aromatic heterocycles. The van der Waals surface area contributed by atoms with Gasteiger partial charge in [-0.15, -0.1) is 0 Å². The van der Waals surface area contributed by atoms with Crippen LogP contribution in [0.25, 0.3) is 11.0 Å². The van der Waals surface area contributed by atoms with Gasteiger partial charge >= 0.3 is 11.1 Å². The van der Waals surface area contributed by atoms with Gasteiger partial charge in [0.05, 0.1) is 23.3 Å². The van der Waals surface area contributed by atoms with Gasteiger partial charge in [0.2, 0.25) is 5.91 Å². The number of nitrogens with zero attached hydrogens (tertiary/aromatic N) is 2. The van der Waals surface area contributed by atoms with Crippen molar-refractivity contribution in [2.75, 3.05) is 0 Å². The molecule has 2 N–H and O–H groups in total. The first-order chi connectivity index (χ1) is 11.1. The second kappa shape index (κ2) is 6.27. The largest absolute Gasteiger partial charge is 0.349 e. The van der Waals surface area contributed by atoms with Gasteiger partial charge in [0.25, 0.3) is 0 Å². The van der Waals surface area contributed by atoms with Crippen LogP contribution < -0.4 is 16.4 Å². The Balaban J connectivity index is 1.84. The van der Waals surface area contributed by atoms with Gasteiger partial charge in [-0.1, -0.05) is 18.2 Å². The topological polar surface area (TPSA) is 96.9 Å². The molecule has 1 amide bonds. The van der Waals surface area contributed by atoms with Gasteiger partial charge in [-0.3, -0.25) is 23.9 Å². The Morgan fingerprint density at radius 2 is 1.91 bits per heavy atom. The molecule has 23 heavy (non-hydrogen) atoms. The summed E-state index contributed by atoms with van der Waals surface area (Å²) in [5.74, 6) is -0.367. The van der Waals surface area contributed by atoms with Crippen molar-refractivity contribution in [3.8, 4) is 0 Å². The minimum atomic E-state index is -0.753. The number of H-pyrrole nitrogens is 1. The molecule has 0 saturated carbocycles. The van der Waals surface area contributed by atoms with E-state index in [4.69, 9.17) is 0 Å². The summed E-state index contributed by atoms with van der Waals surface area (Å²) in [5.41, 5.74) is 0.224. The molecule has 3 aromatic rings. The number of amides is 1. The number of pyridine rings is 1. The fourth-order valence-corrected chi connectivity index (χ4v) is 2.27. The lowest BCUT2D eigenvalue weighted by atomic mass is 10.3. The average molecular weight is 310 g/mol. The lowest BCUT2D eigenvalue weighted by Crippen LogP contribution is -2.40. The van der Waals surface area contributed by atoms with Gasteiger partial charge < -0.3 is 10.3 Å². The summed E-state index contributed by atoms with van der Waals surface area (Å²) < 4.78 is 1.17. The van der Waals surface area contributed by atoms with Crippen molar-refractivity contribution in [2.45, 2.75) is 13.1 Å². The van der Waals surface area contributed by atoms with E-state index in [2.05, 4.69) is 15.3 Å². The van der Waals surface area contributed by atoms with Crippen LogP contribution >= 0.6 is 0 Å². The van der Waals surface area contributed by atoms with Crippen molar-refractivity contribution in [1.29, 1.82) is 0 Å². The molecule has 0 bridgehead atoms. The zero-order valence-electron chi connectivity index (χ0n) is 12.2. The molecule has 0 fully saturated rings. The maximum Gasteiger partial charge on any atom is 0.317 e. The van der Waals surface area contributed by atoms with Crippen LogP contribution in [0.4, 0.5) is 0 Å². The number of aromatic nitrogens is 3. The molecule has 0 spiro atoms. The van der Waals surface area contributed by atoms with Crippen LogP contribution in [-0.4, -0.2) is 20.4 Å². The summed E-state index contributed by atoms with van der Waals surface area (Å²) in [6.07, 6.45) is 1.64. The number of benzene rings is 1. The van der Waals surface area contributed by atoms with E-state index in [0.29, 0.717) is 16.7 Å². The van der Waals surface area contributed by atoms with Crippen molar-refractivity contribution >= 4 is 16.9 Å². The normalized spacial score (nSPS) is 10.6. The van der Waals surface area contributed by atoms with Crippen molar-refractivity contribution < 1.29 is 4.79 Å². The number of hydrogen-bond acceptors (Lipinski definition) is 4. The summed E-state index contributed by atoms with van der Waals surface area (Å²) in [6, 6.07) is 12.2. The highest BCUT2D eigenvalue weighted by Crippen LogP contribution is 2.06. The fourth-order valence-electron chi connectivity index (χ4n) is 2.27. The number of para-hydroxylation sites is 2. The predicted octanol–water partition coefficient (Wildman–Crippen LogP) is 0.401. The van der Waals surface area contributed by atoms with Crippen LogP contribution in [0.5, 0.6) is 0 Å². The van der Waals surface area contributed by atoms with Crippen molar-refractivity contribution in [3.05, 3.63) is 75.1 Å². The Hall–Kier alpha value is -3.22. The van der Waals surface area contributed by atoms with Crippen LogP contribution in [0, 0.1) is 0 Å². The van der Waals surface area contributed by atoms with E-state index in [1.807, 2.05) is 6.07 Å². The number of rotatable bonds is 4. The number of fused-ring (bicyclic) bond motifs is 1. The van der Waals surface area contributed by atoms with E-state index in [1.165, 1.54) is 4.57 Å². The third kappa shape index (κ3) is 3.18. The number of hydrogen-bond donors (Lipinski definition) is 2. The second-order valence-electron chi connectivity index (χ2n) is 4.96. The monoisotopic (exact) mass is 310 g/mol. The predicted molar refractivity (Wildman–Crippen MR) is 84.9 cm³/mol. The zero-order valence-corrected chi connectivity index (χ0v) is 12.2. The van der Waals surface area contributed by atoms with Gasteiger partial charge in [-0.2, -0.15) is 0 Å². The number of carbonyl (C=O) groups excluding carboxylic acids is 1. The van der Waals surface area contributed by atoms with E-state index >= 15 is 0 Å². The Bertz CT molecular complexity index is 960. The summed E-state index contributed by atoms with van der Waals surface area (Å²) in [4.78, 5) is 42.4. The minimum Gasteiger partial charge on any atom is -0.349 e. The molecule has 116 valence electrons. The molecule has 0 aliphatic rings. The van der Waals surface area contributed by atoms with E-state index in [1.54, 1.807) is 42.6 Å². The molecule has 7 heteroatoms. The molecule has 2 heterocycles. The number of aromatic amines is 1. The highest BCUT2D eigenvalue weighted by atomic mass is 16.2. The van der Waals surface area contributed by atoms with Crippen molar-refractivity contribution in [1.82, 2.24) is 19.9 Å². The molecular weight excluding hydrogens is 296 g/mol. The Labute approximate surface area is 130 Å². The maximum absolute atomic E-state index is 12.1. The molecule has 0 aliphatic heterocycles. The van der Waals surface area contributed by atoms with Gasteiger partial charge in [-0.25, -0.2) is 0 Å². The number of nitrogens with one attached hydrogen (secondary N) is 2. The molecule has 1 aromatic carbocycles. The van der Waals surface area contributed by atoms with Gasteiger partial charge in [0, 0.05) is 6.20 Å². The third-order valence-electron chi connectivity index (χ3n) is 3.38. The van der Waals surface area contributed by atoms with E-state index in [9.17, 15) is 14.4 Å². The second-order valence-corrected chi connectivity index (χ2v) is 4.96. The highest BCUT2D eigenvalue weighted by molar-refractivity contribution is 5.79. The van der Waals surface area contributed by atoms with Crippen LogP contribution in [0.2, 0.25) is 0 Å². The van der Waals surface area contributed by atoms with Gasteiger partial charge in [0.15, 0.2) is 0 Å². The van der Waals surface area contributed by atoms with Crippen LogP contribution in [0.3, 0.4) is 0 Å². The summed E-state index contributed by atoms with van der Waals surface area (Å²) in [6.45, 7) is 0.0334. The molecule has 0 radical (unpaired) electrons. The van der Waals surface area contributed by atoms with Gasteiger partial charge in [0.1, 0.15) is 6.54 Å². The Kier molecular flexibility index (Phi) is 4.01. The van der Waals surface area contributed by atoms with E-state index < -0.39 is 11.1 Å². The average Bonchev–Trinajstić information content (AvgIpc) is 2.58. The fraction of sp³-hybridized carbons (Fsp3) is 0.125. The smallest absolute Gasteiger partial charge is 0.317 e. The SMILES string of the molecule is O=C(Cn1c(=O)c(=O)[nH]c2ccccc21)NCc1ccccn1. The quantitative estimate of drug-likeness (QED) is 0.682. The lowest BCUT2D eigenvalue weighted by molar-refractivity contribution is -0.121. The molecule has 7 nitrogen and oxygen atoms in total. The van der Waals surface area contributed by atoms with E-state index in [0.717, 1.165) is 0 Å². The zero-order chi connectivity index (χ0) is 16.2. The molecule has 0 atom stereocenters. The first-order valence-corrected chi connectivity index (χ1v) is 7.03. The molecule has 0 aliphatic carbocycles. The Morgan fingerprint density at radius 3 is 2.70 bits per heavy atom. The van der Waals surface area contributed by atoms with Gasteiger partial charge in [-0.05, 0) is 24.3 Å². The van der Waals surface area contributed by atoms with Crippen molar-refractivity contribution in [3.63, 3.8) is 0 Å². The van der Waals surface area contributed by atoms with Crippen LogP contribution in [0.15, 0.2) is 58.3 Å². The minimum absolute atomic E-state index is 0.226. The van der Waals surface area contributed by atoms with E-state index in [-0.39, 0.29) is 19.0 Å². The summed E-state index contributed by atoms with van der Waals surface area (Å²) in [7, 11) is 0. The summed E-state index contributed by atoms with van der Waals surface area (Å²) >= 11 is 0. The molecular formula is C16H14N4O3. The summed E-state index contributed by atoms with van der Waals surface area (Å²) in [5, 5.41) is 2.69. The lowest BCUT2D eigenvalue weighted by Gasteiger charge is -2.10. The van der Waals surface area contributed by atoms with Crippen LogP contribution in [0.1, 0.15) is 5.69 Å². The molecule has 0 unspecified atom stereocenters. The number of carbonyl (C=O) groups is 1. The maximum atomic E-state index is 12.1. The Morgan fingerprint density at radius 1 is 1.13 bits per heavy atom. The first-order valence-electron chi connectivity index (χ1n) is 7.03.